The van der Waals surface area contributed by atoms with E-state index in [9.17, 15) is 4.79 Å². The molecule has 0 spiro atoms. The summed E-state index contributed by atoms with van der Waals surface area (Å²) in [5.41, 5.74) is 0.932. The minimum Gasteiger partial charge on any atom is -0.345 e. The number of hydrogen-bond acceptors (Lipinski definition) is 2. The van der Waals surface area contributed by atoms with Crippen LogP contribution in [0.25, 0.3) is 0 Å². The summed E-state index contributed by atoms with van der Waals surface area (Å²) in [6, 6.07) is 2.04. The third kappa shape index (κ3) is 3.32. The molecule has 2 nitrogen and oxygen atoms in total. The standard InChI is InChI=1S/C15H22ClNOS/c1-3-12-6-8-19-13(12)14(18)17-15(10-16)7-4-5-11(2)9-15/h6,8,11H,3-5,7,9-10H2,1-2H3,(H,17,18). The van der Waals surface area contributed by atoms with Crippen molar-refractivity contribution < 1.29 is 4.79 Å². The summed E-state index contributed by atoms with van der Waals surface area (Å²) in [7, 11) is 0. The summed E-state index contributed by atoms with van der Waals surface area (Å²) < 4.78 is 0. The van der Waals surface area contributed by atoms with Crippen LogP contribution in [0.1, 0.15) is 54.8 Å². The van der Waals surface area contributed by atoms with Crippen molar-refractivity contribution in [1.82, 2.24) is 5.32 Å². The van der Waals surface area contributed by atoms with Crippen LogP contribution < -0.4 is 5.32 Å². The van der Waals surface area contributed by atoms with E-state index < -0.39 is 0 Å². The fourth-order valence-corrected chi connectivity index (χ4v) is 4.24. The Kier molecular flexibility index (Phi) is 4.91. The van der Waals surface area contributed by atoms with Gasteiger partial charge < -0.3 is 5.32 Å². The Labute approximate surface area is 124 Å². The van der Waals surface area contributed by atoms with E-state index in [1.807, 2.05) is 11.4 Å². The maximum absolute atomic E-state index is 12.5. The number of nitrogens with one attached hydrogen (secondary N) is 1. The third-order valence-electron chi connectivity index (χ3n) is 4.06. The monoisotopic (exact) mass is 299 g/mol. The maximum atomic E-state index is 12.5. The van der Waals surface area contributed by atoms with Crippen molar-refractivity contribution in [3.63, 3.8) is 0 Å². The van der Waals surface area contributed by atoms with Gasteiger partial charge in [0.1, 0.15) is 0 Å². The van der Waals surface area contributed by atoms with Gasteiger partial charge in [0.25, 0.3) is 5.91 Å². The van der Waals surface area contributed by atoms with E-state index in [0.29, 0.717) is 11.8 Å². The number of thiophene rings is 1. The van der Waals surface area contributed by atoms with Gasteiger partial charge in [-0.05, 0) is 42.2 Å². The van der Waals surface area contributed by atoms with Crippen LogP contribution in [-0.2, 0) is 6.42 Å². The molecule has 1 saturated carbocycles. The lowest BCUT2D eigenvalue weighted by Gasteiger charge is -2.39. The topological polar surface area (TPSA) is 29.1 Å². The van der Waals surface area contributed by atoms with Gasteiger partial charge in [0.15, 0.2) is 0 Å². The first kappa shape index (κ1) is 14.9. The molecule has 0 saturated heterocycles. The zero-order chi connectivity index (χ0) is 13.9. The Balaban J connectivity index is 2.12. The number of hydrogen-bond donors (Lipinski definition) is 1. The highest BCUT2D eigenvalue weighted by molar-refractivity contribution is 7.12. The molecular formula is C15H22ClNOS. The molecule has 1 heterocycles. The van der Waals surface area contributed by atoms with Crippen molar-refractivity contribution >= 4 is 28.8 Å². The van der Waals surface area contributed by atoms with E-state index in [0.717, 1.165) is 36.1 Å². The lowest BCUT2D eigenvalue weighted by Crippen LogP contribution is -2.52. The van der Waals surface area contributed by atoms with Crippen LogP contribution in [0.15, 0.2) is 11.4 Å². The second-order valence-corrected chi connectivity index (χ2v) is 6.88. The smallest absolute Gasteiger partial charge is 0.262 e. The summed E-state index contributed by atoms with van der Waals surface area (Å²) in [6.45, 7) is 4.33. The molecule has 1 aliphatic carbocycles. The second kappa shape index (κ2) is 6.27. The van der Waals surface area contributed by atoms with Crippen LogP contribution in [0.4, 0.5) is 0 Å². The van der Waals surface area contributed by atoms with Gasteiger partial charge in [-0.15, -0.1) is 22.9 Å². The van der Waals surface area contributed by atoms with Crippen LogP contribution in [0.3, 0.4) is 0 Å². The predicted octanol–water partition coefficient (Wildman–Crippen LogP) is 4.23. The fourth-order valence-electron chi connectivity index (χ4n) is 3.04. The average Bonchev–Trinajstić information content (AvgIpc) is 2.87. The minimum atomic E-state index is -0.203. The molecule has 1 N–H and O–H groups in total. The number of halogens is 1. The number of aryl methyl sites for hydroxylation is 1. The quantitative estimate of drug-likeness (QED) is 0.828. The summed E-state index contributed by atoms with van der Waals surface area (Å²) in [6.07, 6.45) is 5.29. The fraction of sp³-hybridized carbons (Fsp3) is 0.667. The summed E-state index contributed by atoms with van der Waals surface area (Å²) in [5.74, 6) is 1.21. The molecular weight excluding hydrogens is 278 g/mol. The highest BCUT2D eigenvalue weighted by Gasteiger charge is 2.36. The van der Waals surface area contributed by atoms with E-state index >= 15 is 0 Å². The molecule has 0 aromatic carbocycles. The van der Waals surface area contributed by atoms with E-state index in [-0.39, 0.29) is 11.4 Å². The SMILES string of the molecule is CCc1ccsc1C(=O)NC1(CCl)CCCC(C)C1. The highest BCUT2D eigenvalue weighted by Crippen LogP contribution is 2.33. The van der Waals surface area contributed by atoms with Gasteiger partial charge in [0.05, 0.1) is 10.4 Å². The predicted molar refractivity (Wildman–Crippen MR) is 82.2 cm³/mol. The van der Waals surface area contributed by atoms with Crippen LogP contribution in [0.2, 0.25) is 0 Å². The molecule has 0 radical (unpaired) electrons. The van der Waals surface area contributed by atoms with Gasteiger partial charge in [0.2, 0.25) is 0 Å². The summed E-state index contributed by atoms with van der Waals surface area (Å²) >= 11 is 7.70. The van der Waals surface area contributed by atoms with Crippen molar-refractivity contribution in [2.45, 2.75) is 51.5 Å². The lowest BCUT2D eigenvalue weighted by molar-refractivity contribution is 0.0870. The van der Waals surface area contributed by atoms with Gasteiger partial charge in [-0.3, -0.25) is 4.79 Å². The van der Waals surface area contributed by atoms with Crippen molar-refractivity contribution in [3.8, 4) is 0 Å². The number of carbonyl (C=O) groups is 1. The first-order valence-electron chi connectivity index (χ1n) is 7.05. The number of carbonyl (C=O) groups excluding carboxylic acids is 1. The molecule has 19 heavy (non-hydrogen) atoms. The Morgan fingerprint density at radius 3 is 3.05 bits per heavy atom. The zero-order valence-corrected chi connectivity index (χ0v) is 13.2. The van der Waals surface area contributed by atoms with Crippen molar-refractivity contribution in [3.05, 3.63) is 21.9 Å². The van der Waals surface area contributed by atoms with Crippen LogP contribution in [0, 0.1) is 5.92 Å². The molecule has 1 amide bonds. The molecule has 2 atom stereocenters. The van der Waals surface area contributed by atoms with E-state index in [1.54, 1.807) is 0 Å². The van der Waals surface area contributed by atoms with Gasteiger partial charge in [-0.2, -0.15) is 0 Å². The molecule has 1 aliphatic rings. The Morgan fingerprint density at radius 2 is 2.42 bits per heavy atom. The first-order chi connectivity index (χ1) is 9.10. The molecule has 1 aromatic heterocycles. The molecule has 1 fully saturated rings. The lowest BCUT2D eigenvalue weighted by atomic mass is 9.77. The van der Waals surface area contributed by atoms with Crippen LogP contribution in [0.5, 0.6) is 0 Å². The van der Waals surface area contributed by atoms with Gasteiger partial charge >= 0.3 is 0 Å². The molecule has 0 bridgehead atoms. The molecule has 4 heteroatoms. The summed E-state index contributed by atoms with van der Waals surface area (Å²) in [4.78, 5) is 13.3. The maximum Gasteiger partial charge on any atom is 0.262 e. The van der Waals surface area contributed by atoms with Crippen molar-refractivity contribution in [1.29, 1.82) is 0 Å². The first-order valence-corrected chi connectivity index (χ1v) is 8.46. The van der Waals surface area contributed by atoms with Gasteiger partial charge in [-0.25, -0.2) is 0 Å². The van der Waals surface area contributed by atoms with Crippen LogP contribution in [-0.4, -0.2) is 17.3 Å². The normalized spacial score (nSPS) is 27.2. The Hall–Kier alpha value is -0.540. The zero-order valence-electron chi connectivity index (χ0n) is 11.7. The van der Waals surface area contributed by atoms with E-state index in [1.165, 1.54) is 17.8 Å². The van der Waals surface area contributed by atoms with E-state index in [4.69, 9.17) is 11.6 Å². The molecule has 2 rings (SSSR count). The minimum absolute atomic E-state index is 0.0570. The van der Waals surface area contributed by atoms with Crippen LogP contribution >= 0.6 is 22.9 Å². The van der Waals surface area contributed by atoms with E-state index in [2.05, 4.69) is 19.2 Å². The Bertz CT molecular complexity index is 445. The van der Waals surface area contributed by atoms with Gasteiger partial charge in [0, 0.05) is 5.88 Å². The second-order valence-electron chi connectivity index (χ2n) is 5.70. The number of rotatable bonds is 4. The molecule has 1 aromatic rings. The third-order valence-corrected chi connectivity index (χ3v) is 5.53. The number of alkyl halides is 1. The van der Waals surface area contributed by atoms with Crippen molar-refractivity contribution in [2.75, 3.05) is 5.88 Å². The largest absolute Gasteiger partial charge is 0.345 e. The van der Waals surface area contributed by atoms with Crippen molar-refractivity contribution in [2.24, 2.45) is 5.92 Å². The molecule has 106 valence electrons. The highest BCUT2D eigenvalue weighted by atomic mass is 35.5. The molecule has 2 unspecified atom stereocenters. The number of amides is 1. The Morgan fingerprint density at radius 1 is 1.63 bits per heavy atom. The average molecular weight is 300 g/mol. The summed E-state index contributed by atoms with van der Waals surface area (Å²) in [5, 5.41) is 5.22. The van der Waals surface area contributed by atoms with Gasteiger partial charge in [-0.1, -0.05) is 26.7 Å². The molecule has 0 aliphatic heterocycles.